The van der Waals surface area contributed by atoms with Gasteiger partial charge in [-0.1, -0.05) is 12.8 Å². The van der Waals surface area contributed by atoms with Crippen LogP contribution >= 0.6 is 15.9 Å². The summed E-state index contributed by atoms with van der Waals surface area (Å²) in [4.78, 5) is 33.9. The first kappa shape index (κ1) is 13.9. The molecule has 0 amide bonds. The summed E-state index contributed by atoms with van der Waals surface area (Å²) in [5.74, 6) is -0.0306. The molecule has 1 aliphatic carbocycles. The van der Waals surface area contributed by atoms with E-state index in [1.165, 1.54) is 6.20 Å². The van der Waals surface area contributed by atoms with Crippen molar-refractivity contribution >= 4 is 27.4 Å². The second-order valence-corrected chi connectivity index (χ2v) is 5.60. The number of pyridine rings is 1. The topological polar surface area (TPSA) is 82.2 Å². The van der Waals surface area contributed by atoms with E-state index in [2.05, 4.69) is 15.9 Å². The lowest BCUT2D eigenvalue weighted by molar-refractivity contribution is -0.386. The Hall–Kier alpha value is -1.50. The van der Waals surface area contributed by atoms with Crippen LogP contribution in [0.5, 0.6) is 0 Å². The van der Waals surface area contributed by atoms with Gasteiger partial charge < -0.3 is 4.57 Å². The molecule has 0 saturated heterocycles. The van der Waals surface area contributed by atoms with Gasteiger partial charge in [0.15, 0.2) is 5.78 Å². The molecule has 1 saturated carbocycles. The van der Waals surface area contributed by atoms with Gasteiger partial charge in [0.05, 0.1) is 11.5 Å². The van der Waals surface area contributed by atoms with Crippen LogP contribution in [0.2, 0.25) is 0 Å². The molecule has 0 aromatic carbocycles. The normalized spacial score (nSPS) is 15.6. The molecular weight excluding hydrogens is 316 g/mol. The fourth-order valence-electron chi connectivity index (χ4n) is 2.38. The van der Waals surface area contributed by atoms with Crippen LogP contribution in [-0.4, -0.2) is 15.3 Å². The number of ketones is 1. The van der Waals surface area contributed by atoms with Crippen molar-refractivity contribution in [3.8, 4) is 0 Å². The van der Waals surface area contributed by atoms with Crippen LogP contribution < -0.4 is 5.56 Å². The van der Waals surface area contributed by atoms with Crippen molar-refractivity contribution in [1.82, 2.24) is 4.57 Å². The van der Waals surface area contributed by atoms with Crippen LogP contribution in [0.3, 0.4) is 0 Å². The molecule has 1 aromatic heterocycles. The molecule has 7 heteroatoms. The zero-order valence-corrected chi connectivity index (χ0v) is 11.8. The minimum Gasteiger partial charge on any atom is -0.301 e. The largest absolute Gasteiger partial charge is 0.335 e. The molecular formula is C12H13BrN2O4. The van der Waals surface area contributed by atoms with E-state index < -0.39 is 16.2 Å². The van der Waals surface area contributed by atoms with Gasteiger partial charge in [0.25, 0.3) is 0 Å². The average Bonchev–Trinajstić information content (AvgIpc) is 2.86. The summed E-state index contributed by atoms with van der Waals surface area (Å²) in [6, 6.07) is 1.15. The molecule has 19 heavy (non-hydrogen) atoms. The van der Waals surface area contributed by atoms with Crippen molar-refractivity contribution < 1.29 is 9.72 Å². The SMILES string of the molecule is O=C(Cn1cc(Br)cc([N+](=O)[O-])c1=O)C1CCCC1. The summed E-state index contributed by atoms with van der Waals surface area (Å²) < 4.78 is 1.53. The van der Waals surface area contributed by atoms with Crippen molar-refractivity contribution in [2.75, 3.05) is 0 Å². The van der Waals surface area contributed by atoms with Crippen molar-refractivity contribution in [1.29, 1.82) is 0 Å². The number of rotatable bonds is 4. The molecule has 0 radical (unpaired) electrons. The van der Waals surface area contributed by atoms with Gasteiger partial charge in [-0.05, 0) is 28.8 Å². The summed E-state index contributed by atoms with van der Waals surface area (Å²) in [5.41, 5.74) is -1.26. The number of carbonyl (C=O) groups is 1. The Bertz CT molecular complexity index is 576. The molecule has 6 nitrogen and oxygen atoms in total. The summed E-state index contributed by atoms with van der Waals surface area (Å²) in [6.07, 6.45) is 5.18. The highest BCUT2D eigenvalue weighted by Crippen LogP contribution is 2.26. The van der Waals surface area contributed by atoms with Gasteiger partial charge in [-0.25, -0.2) is 0 Å². The summed E-state index contributed by atoms with van der Waals surface area (Å²) in [7, 11) is 0. The number of nitrogens with zero attached hydrogens (tertiary/aromatic N) is 2. The van der Waals surface area contributed by atoms with Crippen LogP contribution in [0.1, 0.15) is 25.7 Å². The second kappa shape index (κ2) is 5.64. The monoisotopic (exact) mass is 328 g/mol. The van der Waals surface area contributed by atoms with Gasteiger partial charge in [-0.15, -0.1) is 0 Å². The molecule has 2 rings (SSSR count). The van der Waals surface area contributed by atoms with Crippen LogP contribution in [0, 0.1) is 16.0 Å². The number of Topliss-reactive ketones (excluding diaryl/α,β-unsaturated/α-hetero) is 1. The van der Waals surface area contributed by atoms with E-state index in [0.717, 1.165) is 36.3 Å². The van der Waals surface area contributed by atoms with E-state index >= 15 is 0 Å². The third-order valence-electron chi connectivity index (χ3n) is 3.37. The number of hydrogen-bond acceptors (Lipinski definition) is 4. The predicted molar refractivity (Wildman–Crippen MR) is 72.0 cm³/mol. The van der Waals surface area contributed by atoms with Crippen molar-refractivity contribution in [2.24, 2.45) is 5.92 Å². The maximum absolute atomic E-state index is 12.0. The van der Waals surface area contributed by atoms with Crippen molar-refractivity contribution in [2.45, 2.75) is 32.2 Å². The zero-order chi connectivity index (χ0) is 14.0. The first-order valence-corrected chi connectivity index (χ1v) is 6.85. The Labute approximate surface area is 117 Å². The van der Waals surface area contributed by atoms with E-state index in [1.54, 1.807) is 0 Å². The highest BCUT2D eigenvalue weighted by atomic mass is 79.9. The second-order valence-electron chi connectivity index (χ2n) is 4.68. The summed E-state index contributed by atoms with van der Waals surface area (Å²) >= 11 is 3.11. The van der Waals surface area contributed by atoms with E-state index in [0.29, 0.717) is 4.47 Å². The minimum atomic E-state index is -0.737. The zero-order valence-electron chi connectivity index (χ0n) is 10.2. The molecule has 1 fully saturated rings. The Morgan fingerprint density at radius 2 is 2.11 bits per heavy atom. The Kier molecular flexibility index (Phi) is 4.14. The van der Waals surface area contributed by atoms with Crippen LogP contribution in [-0.2, 0) is 11.3 Å². The lowest BCUT2D eigenvalue weighted by Crippen LogP contribution is -2.28. The maximum atomic E-state index is 12.0. The Morgan fingerprint density at radius 1 is 1.47 bits per heavy atom. The van der Waals surface area contributed by atoms with E-state index in [-0.39, 0.29) is 18.2 Å². The Morgan fingerprint density at radius 3 is 2.68 bits per heavy atom. The predicted octanol–water partition coefficient (Wildman–Crippen LogP) is 2.28. The molecule has 0 bridgehead atoms. The van der Waals surface area contributed by atoms with Crippen molar-refractivity contribution in [3.05, 3.63) is 37.2 Å². The van der Waals surface area contributed by atoms with Gasteiger partial charge in [-0.2, -0.15) is 0 Å². The summed E-state index contributed by atoms with van der Waals surface area (Å²) in [5, 5.41) is 10.8. The van der Waals surface area contributed by atoms with E-state index in [9.17, 15) is 19.7 Å². The number of hydrogen-bond donors (Lipinski definition) is 0. The standard InChI is InChI=1S/C12H13BrN2O4/c13-9-5-10(15(18)19)12(17)14(6-9)7-11(16)8-3-1-2-4-8/h5-6,8H,1-4,7H2. The van der Waals surface area contributed by atoms with Crippen LogP contribution in [0.4, 0.5) is 5.69 Å². The highest BCUT2D eigenvalue weighted by Gasteiger charge is 2.24. The number of carbonyl (C=O) groups excluding carboxylic acids is 1. The van der Waals surface area contributed by atoms with Gasteiger partial charge >= 0.3 is 11.2 Å². The molecule has 1 aliphatic rings. The van der Waals surface area contributed by atoms with Gasteiger partial charge in [0.2, 0.25) is 0 Å². The molecule has 0 aliphatic heterocycles. The first-order valence-electron chi connectivity index (χ1n) is 6.06. The fraction of sp³-hybridized carbons (Fsp3) is 0.500. The first-order chi connectivity index (χ1) is 8.99. The van der Waals surface area contributed by atoms with Gasteiger partial charge in [0, 0.05) is 22.7 Å². The van der Waals surface area contributed by atoms with Crippen LogP contribution in [0.15, 0.2) is 21.5 Å². The maximum Gasteiger partial charge on any atom is 0.335 e. The average molecular weight is 329 g/mol. The fourth-order valence-corrected chi connectivity index (χ4v) is 2.84. The van der Waals surface area contributed by atoms with Crippen LogP contribution in [0.25, 0.3) is 0 Å². The minimum absolute atomic E-state index is 0.00932. The lowest BCUT2D eigenvalue weighted by Gasteiger charge is -2.10. The number of nitro groups is 1. The smallest absolute Gasteiger partial charge is 0.301 e. The Balaban J connectivity index is 2.27. The molecule has 1 heterocycles. The molecule has 0 N–H and O–H groups in total. The number of halogens is 1. The highest BCUT2D eigenvalue weighted by molar-refractivity contribution is 9.10. The molecule has 0 spiro atoms. The number of aromatic nitrogens is 1. The quantitative estimate of drug-likeness (QED) is 0.627. The van der Waals surface area contributed by atoms with E-state index in [1.807, 2.05) is 0 Å². The lowest BCUT2D eigenvalue weighted by atomic mass is 10.0. The third-order valence-corrected chi connectivity index (χ3v) is 3.80. The summed E-state index contributed by atoms with van der Waals surface area (Å²) in [6.45, 7) is -0.0935. The molecule has 0 atom stereocenters. The molecule has 1 aromatic rings. The third kappa shape index (κ3) is 3.09. The van der Waals surface area contributed by atoms with Crippen molar-refractivity contribution in [3.63, 3.8) is 0 Å². The molecule has 0 unspecified atom stereocenters. The van der Waals surface area contributed by atoms with Gasteiger partial charge in [-0.3, -0.25) is 19.7 Å². The molecule has 102 valence electrons. The van der Waals surface area contributed by atoms with Gasteiger partial charge in [0.1, 0.15) is 0 Å². The van der Waals surface area contributed by atoms with E-state index in [4.69, 9.17) is 0 Å².